The zero-order valence-corrected chi connectivity index (χ0v) is 16.5. The van der Waals surface area contributed by atoms with Gasteiger partial charge in [0.2, 0.25) is 0 Å². The predicted octanol–water partition coefficient (Wildman–Crippen LogP) is 3.95. The van der Waals surface area contributed by atoms with Gasteiger partial charge >= 0.3 is 17.9 Å². The number of carbonyl (C=O) groups excluding carboxylic acids is 1. The van der Waals surface area contributed by atoms with E-state index in [2.05, 4.69) is 15.7 Å². The molecule has 2 heterocycles. The van der Waals surface area contributed by atoms with Crippen molar-refractivity contribution in [1.29, 1.82) is 0 Å². The molecular weight excluding hydrogens is 419 g/mol. The minimum atomic E-state index is -4.49. The number of benzene rings is 1. The Hall–Kier alpha value is -3.08. The van der Waals surface area contributed by atoms with Crippen molar-refractivity contribution in [3.63, 3.8) is 0 Å². The van der Waals surface area contributed by atoms with Crippen LogP contribution in [-0.4, -0.2) is 26.9 Å². The zero-order valence-electron chi connectivity index (χ0n) is 15.6. The van der Waals surface area contributed by atoms with Gasteiger partial charge in [0.15, 0.2) is 5.82 Å². The van der Waals surface area contributed by atoms with Crippen molar-refractivity contribution in [3.05, 3.63) is 57.8 Å². The Bertz CT molecular complexity index is 1100. The van der Waals surface area contributed by atoms with Gasteiger partial charge < -0.3 is 10.6 Å². The number of aromatic nitrogens is 3. The molecule has 1 aromatic carbocycles. The monoisotopic (exact) mass is 437 g/mol. The van der Waals surface area contributed by atoms with Gasteiger partial charge in [-0.1, -0.05) is 12.1 Å². The molecule has 0 bridgehead atoms. The normalized spacial score (nSPS) is 14.0. The number of nitrogens with zero attached hydrogens (tertiary/aromatic N) is 3. The van der Waals surface area contributed by atoms with Gasteiger partial charge in [-0.05, 0) is 42.5 Å². The van der Waals surface area contributed by atoms with E-state index in [0.29, 0.717) is 5.82 Å². The first-order valence-electron chi connectivity index (χ1n) is 9.28. The van der Waals surface area contributed by atoms with Gasteiger partial charge in [0, 0.05) is 18.3 Å². The SMILES string of the molecule is O=C(NCCn1nc(-c2cccs2)n(C2CC2)c1=O)Nc1cccc(C(F)(F)F)c1. The van der Waals surface area contributed by atoms with Crippen LogP contribution in [0.1, 0.15) is 24.4 Å². The highest BCUT2D eigenvalue weighted by atomic mass is 32.1. The van der Waals surface area contributed by atoms with Crippen LogP contribution in [0.3, 0.4) is 0 Å². The van der Waals surface area contributed by atoms with E-state index < -0.39 is 17.8 Å². The second kappa shape index (κ2) is 7.98. The molecule has 1 aliphatic carbocycles. The van der Waals surface area contributed by atoms with Crippen molar-refractivity contribution in [1.82, 2.24) is 19.7 Å². The minimum absolute atomic E-state index is 0.0254. The molecule has 1 fully saturated rings. The molecule has 7 nitrogen and oxygen atoms in total. The first-order chi connectivity index (χ1) is 14.3. The largest absolute Gasteiger partial charge is 0.416 e. The Kier molecular flexibility index (Phi) is 5.37. The predicted molar refractivity (Wildman–Crippen MR) is 107 cm³/mol. The summed E-state index contributed by atoms with van der Waals surface area (Å²) in [5, 5.41) is 11.2. The molecule has 0 atom stereocenters. The number of urea groups is 1. The third-order valence-corrected chi connectivity index (χ3v) is 5.45. The van der Waals surface area contributed by atoms with Crippen LogP contribution in [0.4, 0.5) is 23.7 Å². The molecule has 0 spiro atoms. The van der Waals surface area contributed by atoms with E-state index >= 15 is 0 Å². The van der Waals surface area contributed by atoms with Crippen molar-refractivity contribution in [3.8, 4) is 10.7 Å². The van der Waals surface area contributed by atoms with E-state index in [4.69, 9.17) is 0 Å². The molecule has 11 heteroatoms. The van der Waals surface area contributed by atoms with Crippen LogP contribution in [0.15, 0.2) is 46.6 Å². The maximum absolute atomic E-state index is 12.8. The summed E-state index contributed by atoms with van der Waals surface area (Å²) < 4.78 is 41.3. The van der Waals surface area contributed by atoms with Gasteiger partial charge in [0.25, 0.3) is 0 Å². The third-order valence-electron chi connectivity index (χ3n) is 4.58. The second-order valence-electron chi connectivity index (χ2n) is 6.87. The first kappa shape index (κ1) is 20.2. The second-order valence-corrected chi connectivity index (χ2v) is 7.81. The summed E-state index contributed by atoms with van der Waals surface area (Å²) in [4.78, 5) is 25.6. The molecule has 0 radical (unpaired) electrons. The number of halogens is 3. The molecule has 30 heavy (non-hydrogen) atoms. The highest BCUT2D eigenvalue weighted by Gasteiger charge is 2.31. The lowest BCUT2D eigenvalue weighted by Gasteiger charge is -2.10. The molecule has 0 aliphatic heterocycles. The fourth-order valence-electron chi connectivity index (χ4n) is 3.03. The van der Waals surface area contributed by atoms with Crippen LogP contribution in [-0.2, 0) is 12.7 Å². The summed E-state index contributed by atoms with van der Waals surface area (Å²) in [6.07, 6.45) is -2.63. The number of amides is 2. The molecule has 1 saturated carbocycles. The minimum Gasteiger partial charge on any atom is -0.336 e. The summed E-state index contributed by atoms with van der Waals surface area (Å²) in [6.45, 7) is 0.239. The van der Waals surface area contributed by atoms with Crippen molar-refractivity contribution in [2.45, 2.75) is 31.6 Å². The Morgan fingerprint density at radius 1 is 1.23 bits per heavy atom. The van der Waals surface area contributed by atoms with Crippen LogP contribution >= 0.6 is 11.3 Å². The van der Waals surface area contributed by atoms with E-state index in [-0.39, 0.29) is 30.5 Å². The Balaban J connectivity index is 1.38. The van der Waals surface area contributed by atoms with Gasteiger partial charge in [0.1, 0.15) is 0 Å². The van der Waals surface area contributed by atoms with Crippen LogP contribution in [0.2, 0.25) is 0 Å². The Morgan fingerprint density at radius 3 is 2.70 bits per heavy atom. The van der Waals surface area contributed by atoms with E-state index in [1.165, 1.54) is 28.2 Å². The molecule has 1 aliphatic rings. The average Bonchev–Trinajstić information content (AvgIpc) is 3.26. The molecule has 2 amide bonds. The number of hydrogen-bond donors (Lipinski definition) is 2. The van der Waals surface area contributed by atoms with Crippen LogP contribution in [0.5, 0.6) is 0 Å². The summed E-state index contributed by atoms with van der Waals surface area (Å²) >= 11 is 1.49. The quantitative estimate of drug-likeness (QED) is 0.613. The van der Waals surface area contributed by atoms with E-state index in [0.717, 1.165) is 29.9 Å². The van der Waals surface area contributed by atoms with Gasteiger partial charge in [-0.3, -0.25) is 4.57 Å². The fraction of sp³-hybridized carbons (Fsp3) is 0.316. The van der Waals surface area contributed by atoms with E-state index in [9.17, 15) is 22.8 Å². The lowest BCUT2D eigenvalue weighted by molar-refractivity contribution is -0.137. The first-order valence-corrected chi connectivity index (χ1v) is 10.2. The molecule has 2 N–H and O–H groups in total. The van der Waals surface area contributed by atoms with Crippen molar-refractivity contribution < 1.29 is 18.0 Å². The molecule has 0 saturated heterocycles. The Morgan fingerprint density at radius 2 is 2.03 bits per heavy atom. The maximum atomic E-state index is 12.8. The summed E-state index contributed by atoms with van der Waals surface area (Å²) in [5.74, 6) is 0.617. The zero-order chi connectivity index (χ0) is 21.3. The topological polar surface area (TPSA) is 81.0 Å². The number of anilines is 1. The third kappa shape index (κ3) is 4.40. The number of nitrogens with one attached hydrogen (secondary N) is 2. The fourth-order valence-corrected chi connectivity index (χ4v) is 3.73. The van der Waals surface area contributed by atoms with Crippen molar-refractivity contribution in [2.75, 3.05) is 11.9 Å². The smallest absolute Gasteiger partial charge is 0.336 e. The lowest BCUT2D eigenvalue weighted by atomic mass is 10.2. The molecule has 158 valence electrons. The maximum Gasteiger partial charge on any atom is 0.416 e. The molecule has 2 aromatic heterocycles. The molecule has 4 rings (SSSR count). The number of carbonyl (C=O) groups is 1. The van der Waals surface area contributed by atoms with Gasteiger partial charge in [0.05, 0.1) is 17.0 Å². The highest BCUT2D eigenvalue weighted by Crippen LogP contribution is 2.37. The number of alkyl halides is 3. The van der Waals surface area contributed by atoms with Crippen LogP contribution in [0, 0.1) is 0 Å². The standard InChI is InChI=1S/C19H18F3N5O2S/c20-19(21,22)12-3-1-4-13(11-12)24-17(28)23-8-9-26-18(29)27(14-6-7-14)16(25-26)15-5-2-10-30-15/h1-5,10-11,14H,6-9H2,(H2,23,24,28). The molecular formula is C19H18F3N5O2S. The molecule has 0 unspecified atom stereocenters. The summed E-state index contributed by atoms with van der Waals surface area (Å²) in [6, 6.07) is 7.64. The summed E-state index contributed by atoms with van der Waals surface area (Å²) in [5.41, 5.74) is -1.06. The summed E-state index contributed by atoms with van der Waals surface area (Å²) in [7, 11) is 0. The van der Waals surface area contributed by atoms with Crippen molar-refractivity contribution in [2.24, 2.45) is 0 Å². The van der Waals surface area contributed by atoms with Gasteiger partial charge in [-0.2, -0.15) is 13.2 Å². The number of thiophene rings is 1. The van der Waals surface area contributed by atoms with Crippen LogP contribution < -0.4 is 16.3 Å². The highest BCUT2D eigenvalue weighted by molar-refractivity contribution is 7.13. The van der Waals surface area contributed by atoms with E-state index in [1.54, 1.807) is 4.57 Å². The lowest BCUT2D eigenvalue weighted by Crippen LogP contribution is -2.34. The van der Waals surface area contributed by atoms with Gasteiger partial charge in [-0.15, -0.1) is 16.4 Å². The average molecular weight is 437 g/mol. The van der Waals surface area contributed by atoms with Crippen LogP contribution in [0.25, 0.3) is 10.7 Å². The number of hydrogen-bond acceptors (Lipinski definition) is 4. The van der Waals surface area contributed by atoms with Gasteiger partial charge in [-0.25, -0.2) is 14.3 Å². The Labute approximate surface area is 173 Å². The molecule has 3 aromatic rings. The van der Waals surface area contributed by atoms with Crippen molar-refractivity contribution >= 4 is 23.1 Å². The van der Waals surface area contributed by atoms with E-state index in [1.807, 2.05) is 17.5 Å². The number of rotatable bonds is 6.